The summed E-state index contributed by atoms with van der Waals surface area (Å²) in [7, 11) is -4.84. The number of alkyl halides is 1. The van der Waals surface area contributed by atoms with E-state index in [1.54, 1.807) is 0 Å². The van der Waals surface area contributed by atoms with E-state index in [9.17, 15) is 17.6 Å². The lowest BCUT2D eigenvalue weighted by molar-refractivity contribution is -0.143. The van der Waals surface area contributed by atoms with Gasteiger partial charge in [-0.2, -0.15) is 8.42 Å². The van der Waals surface area contributed by atoms with E-state index in [0.29, 0.717) is 6.92 Å². The van der Waals surface area contributed by atoms with Crippen LogP contribution in [0, 0.1) is 0 Å². The van der Waals surface area contributed by atoms with Crippen LogP contribution < -0.4 is 0 Å². The fraction of sp³-hybridized carbons (Fsp3) is 0.800. The Bertz CT molecular complexity index is 268. The third kappa shape index (κ3) is 3.14. The summed E-state index contributed by atoms with van der Waals surface area (Å²) in [6, 6.07) is 0. The Kier molecular flexibility index (Phi) is 3.17. The molecule has 0 rings (SSSR count). The first kappa shape index (κ1) is 11.3. The summed E-state index contributed by atoms with van der Waals surface area (Å²) in [5.41, 5.74) is 0. The van der Waals surface area contributed by atoms with Crippen LogP contribution in [-0.2, 0) is 19.6 Å². The maximum atomic E-state index is 12.8. The fourth-order valence-electron chi connectivity index (χ4n) is 0.305. The van der Waals surface area contributed by atoms with Gasteiger partial charge in [0, 0.05) is 6.92 Å². The van der Waals surface area contributed by atoms with E-state index in [4.69, 9.17) is 4.55 Å². The number of halogens is 1. The van der Waals surface area contributed by atoms with Crippen LogP contribution in [-0.4, -0.2) is 30.5 Å². The molecule has 0 bridgehead atoms. The Morgan fingerprint density at radius 1 is 1.67 bits per heavy atom. The molecular formula is C5H9FO5S. The van der Waals surface area contributed by atoms with Crippen molar-refractivity contribution in [1.82, 2.24) is 0 Å². The van der Waals surface area contributed by atoms with Crippen molar-refractivity contribution in [3.8, 4) is 0 Å². The lowest BCUT2D eigenvalue weighted by Crippen LogP contribution is -2.35. The number of carbonyl (C=O) groups is 1. The van der Waals surface area contributed by atoms with Crippen molar-refractivity contribution in [3.05, 3.63) is 0 Å². The molecule has 1 N–H and O–H groups in total. The summed E-state index contributed by atoms with van der Waals surface area (Å²) in [5.74, 6) is -0.817. The Hall–Kier alpha value is -0.690. The molecule has 0 spiro atoms. The summed E-state index contributed by atoms with van der Waals surface area (Å²) in [6.07, 6.45) is 0. The van der Waals surface area contributed by atoms with Crippen LogP contribution in [0.25, 0.3) is 0 Å². The summed E-state index contributed by atoms with van der Waals surface area (Å²) >= 11 is 0. The molecule has 0 saturated carbocycles. The molecule has 0 aliphatic rings. The molecule has 12 heavy (non-hydrogen) atoms. The molecule has 72 valence electrons. The molecule has 1 atom stereocenters. The van der Waals surface area contributed by atoms with Gasteiger partial charge in [0.05, 0.1) is 0 Å². The van der Waals surface area contributed by atoms with Gasteiger partial charge in [-0.15, -0.1) is 0 Å². The molecule has 0 radical (unpaired) electrons. The maximum Gasteiger partial charge on any atom is 0.303 e. The highest BCUT2D eigenvalue weighted by Gasteiger charge is 2.39. The SMILES string of the molecule is CC(=O)OCC(C)(F)S(=O)(=O)O. The Morgan fingerprint density at radius 2 is 2.08 bits per heavy atom. The van der Waals surface area contributed by atoms with Crippen molar-refractivity contribution in [2.45, 2.75) is 18.8 Å². The van der Waals surface area contributed by atoms with Gasteiger partial charge in [-0.3, -0.25) is 9.35 Å². The minimum absolute atomic E-state index is 0.602. The Balaban J connectivity index is 4.35. The highest BCUT2D eigenvalue weighted by Crippen LogP contribution is 2.17. The van der Waals surface area contributed by atoms with E-state index >= 15 is 0 Å². The Morgan fingerprint density at radius 3 is 2.33 bits per heavy atom. The predicted molar refractivity (Wildman–Crippen MR) is 37.7 cm³/mol. The van der Waals surface area contributed by atoms with Crippen LogP contribution in [0.4, 0.5) is 4.39 Å². The standard InChI is InChI=1S/C5H9FO5S/c1-4(7)11-3-5(2,6)12(8,9)10/h3H2,1-2H3,(H,8,9,10). The Labute approximate surface area is 69.3 Å². The van der Waals surface area contributed by atoms with E-state index < -0.39 is 27.7 Å². The minimum Gasteiger partial charge on any atom is -0.461 e. The number of hydrogen-bond acceptors (Lipinski definition) is 4. The van der Waals surface area contributed by atoms with Crippen LogP contribution in [0.15, 0.2) is 0 Å². The summed E-state index contributed by atoms with van der Waals surface area (Å²) in [4.78, 5) is 10.2. The van der Waals surface area contributed by atoms with Crippen molar-refractivity contribution in [3.63, 3.8) is 0 Å². The third-order valence-corrected chi connectivity index (χ3v) is 2.26. The van der Waals surface area contributed by atoms with Crippen LogP contribution >= 0.6 is 0 Å². The van der Waals surface area contributed by atoms with E-state index in [0.717, 1.165) is 6.92 Å². The van der Waals surface area contributed by atoms with Gasteiger partial charge in [0.25, 0.3) is 5.00 Å². The average Bonchev–Trinajstić information content (AvgIpc) is 1.81. The number of rotatable bonds is 3. The molecule has 0 amide bonds. The van der Waals surface area contributed by atoms with Gasteiger partial charge in [-0.25, -0.2) is 4.39 Å². The van der Waals surface area contributed by atoms with Crippen molar-refractivity contribution >= 4 is 16.1 Å². The van der Waals surface area contributed by atoms with Gasteiger partial charge in [-0.05, 0) is 6.92 Å². The van der Waals surface area contributed by atoms with E-state index in [1.165, 1.54) is 0 Å². The predicted octanol–water partition coefficient (Wildman–Crippen LogP) is 0.123. The largest absolute Gasteiger partial charge is 0.461 e. The highest BCUT2D eigenvalue weighted by atomic mass is 32.2. The average molecular weight is 200 g/mol. The van der Waals surface area contributed by atoms with E-state index in [-0.39, 0.29) is 0 Å². The maximum absolute atomic E-state index is 12.8. The molecule has 0 saturated heterocycles. The number of esters is 1. The van der Waals surface area contributed by atoms with Crippen molar-refractivity contribution in [1.29, 1.82) is 0 Å². The number of hydrogen-bond donors (Lipinski definition) is 1. The zero-order valence-corrected chi connectivity index (χ0v) is 7.39. The van der Waals surface area contributed by atoms with Gasteiger partial charge in [0.1, 0.15) is 6.61 Å². The first-order valence-electron chi connectivity index (χ1n) is 2.96. The molecule has 1 unspecified atom stereocenters. The molecule has 5 nitrogen and oxygen atoms in total. The molecule has 0 fully saturated rings. The normalized spacial score (nSPS) is 16.7. The molecule has 0 aliphatic heterocycles. The van der Waals surface area contributed by atoms with Gasteiger partial charge in [0.15, 0.2) is 0 Å². The lowest BCUT2D eigenvalue weighted by Gasteiger charge is -2.15. The molecule has 0 aromatic heterocycles. The lowest BCUT2D eigenvalue weighted by atomic mass is 10.5. The van der Waals surface area contributed by atoms with Crippen molar-refractivity contribution < 1.29 is 26.9 Å². The first-order valence-corrected chi connectivity index (χ1v) is 4.40. The second-order valence-corrected chi connectivity index (χ2v) is 4.16. The third-order valence-electron chi connectivity index (χ3n) is 1.07. The zero-order valence-electron chi connectivity index (χ0n) is 6.57. The van der Waals surface area contributed by atoms with E-state index in [1.807, 2.05) is 0 Å². The second-order valence-electron chi connectivity index (χ2n) is 2.36. The molecule has 0 aliphatic carbocycles. The fourth-order valence-corrected chi connectivity index (χ4v) is 0.513. The second kappa shape index (κ2) is 3.36. The first-order chi connectivity index (χ1) is 5.17. The van der Waals surface area contributed by atoms with Gasteiger partial charge in [-0.1, -0.05) is 0 Å². The summed E-state index contributed by atoms with van der Waals surface area (Å²) in [5, 5.41) is -2.95. The number of ether oxygens (including phenoxy) is 1. The van der Waals surface area contributed by atoms with Gasteiger partial charge >= 0.3 is 16.1 Å². The molecule has 0 aromatic carbocycles. The smallest absolute Gasteiger partial charge is 0.303 e. The van der Waals surface area contributed by atoms with Crippen molar-refractivity contribution in [2.75, 3.05) is 6.61 Å². The molecule has 0 aromatic rings. The van der Waals surface area contributed by atoms with Gasteiger partial charge in [0.2, 0.25) is 0 Å². The quantitative estimate of drug-likeness (QED) is 0.517. The van der Waals surface area contributed by atoms with Gasteiger partial charge < -0.3 is 4.74 Å². The minimum atomic E-state index is -4.84. The summed E-state index contributed by atoms with van der Waals surface area (Å²) < 4.78 is 45.7. The van der Waals surface area contributed by atoms with Crippen LogP contribution in [0.1, 0.15) is 13.8 Å². The zero-order chi connectivity index (χ0) is 9.99. The van der Waals surface area contributed by atoms with Crippen LogP contribution in [0.2, 0.25) is 0 Å². The van der Waals surface area contributed by atoms with Crippen molar-refractivity contribution in [2.24, 2.45) is 0 Å². The molecular weight excluding hydrogens is 191 g/mol. The number of carbonyl (C=O) groups excluding carboxylic acids is 1. The monoisotopic (exact) mass is 200 g/mol. The summed E-state index contributed by atoms with van der Waals surface area (Å²) in [6.45, 7) is 0.590. The van der Waals surface area contributed by atoms with Crippen LogP contribution in [0.3, 0.4) is 0 Å². The topological polar surface area (TPSA) is 80.7 Å². The van der Waals surface area contributed by atoms with Crippen LogP contribution in [0.5, 0.6) is 0 Å². The van der Waals surface area contributed by atoms with E-state index in [2.05, 4.69) is 4.74 Å². The molecule has 0 heterocycles. The highest BCUT2D eigenvalue weighted by molar-refractivity contribution is 7.87. The molecule has 7 heteroatoms.